The van der Waals surface area contributed by atoms with Crippen LogP contribution < -0.4 is 10.0 Å². The van der Waals surface area contributed by atoms with Crippen LogP contribution in [0.1, 0.15) is 22.8 Å². The van der Waals surface area contributed by atoms with Gasteiger partial charge in [-0.3, -0.25) is 9.59 Å². The molecule has 0 spiro atoms. The van der Waals surface area contributed by atoms with Crippen molar-refractivity contribution in [1.29, 1.82) is 0 Å². The summed E-state index contributed by atoms with van der Waals surface area (Å²) in [6.45, 7) is 2.64. The Kier molecular flexibility index (Phi) is 5.91. The molecule has 0 heterocycles. The summed E-state index contributed by atoms with van der Waals surface area (Å²) in [6, 6.07) is 4.88. The highest BCUT2D eigenvalue weighted by Crippen LogP contribution is 2.19. The van der Waals surface area contributed by atoms with Crippen LogP contribution in [0.5, 0.6) is 0 Å². The van der Waals surface area contributed by atoms with Gasteiger partial charge in [0.15, 0.2) is 0 Å². The molecule has 0 aromatic heterocycles. The summed E-state index contributed by atoms with van der Waals surface area (Å²) < 4.78 is 53.8. The first-order chi connectivity index (χ1) is 12.5. The van der Waals surface area contributed by atoms with E-state index in [4.69, 9.17) is 5.11 Å². The lowest BCUT2D eigenvalue weighted by Gasteiger charge is -2.12. The monoisotopic (exact) mass is 398 g/mol. The highest BCUT2D eigenvalue weighted by Gasteiger charge is 2.24. The molecule has 7 nitrogen and oxygen atoms in total. The minimum atomic E-state index is -4.30. The van der Waals surface area contributed by atoms with E-state index in [0.717, 1.165) is 31.2 Å². The molecule has 0 saturated heterocycles. The maximum absolute atomic E-state index is 14.0. The molecule has 0 aliphatic heterocycles. The van der Waals surface area contributed by atoms with Gasteiger partial charge in [0, 0.05) is 5.69 Å². The number of halogens is 2. The summed E-state index contributed by atoms with van der Waals surface area (Å²) in [6.07, 6.45) is 0. The highest BCUT2D eigenvalue weighted by molar-refractivity contribution is 7.89. The van der Waals surface area contributed by atoms with Gasteiger partial charge in [0.25, 0.3) is 5.91 Å². The molecule has 0 unspecified atom stereocenters. The van der Waals surface area contributed by atoms with Gasteiger partial charge in [0.2, 0.25) is 10.0 Å². The second-order valence-corrected chi connectivity index (χ2v) is 7.45. The quantitative estimate of drug-likeness (QED) is 0.691. The molecule has 10 heteroatoms. The fourth-order valence-corrected chi connectivity index (χ4v) is 3.29. The topological polar surface area (TPSA) is 113 Å². The van der Waals surface area contributed by atoms with Gasteiger partial charge in [-0.2, -0.15) is 4.72 Å². The first-order valence-electron chi connectivity index (χ1n) is 7.63. The standard InChI is InChI=1S/C17H16F2N2O5S/c1-9-3-4-11(7-15(9)19)20-16(22)13-8-12(5-6-14(13)18)27(25,26)21-10(2)17(23)24/h3-8,10,21H,1-2H3,(H,20,22)(H,23,24)/t10-/m1/s1. The Morgan fingerprint density at radius 2 is 1.74 bits per heavy atom. The molecular formula is C17H16F2N2O5S. The molecule has 3 N–H and O–H groups in total. The van der Waals surface area contributed by atoms with Gasteiger partial charge >= 0.3 is 5.97 Å². The molecule has 0 aliphatic carbocycles. The number of rotatable bonds is 6. The molecular weight excluding hydrogens is 382 g/mol. The molecule has 0 saturated carbocycles. The predicted octanol–water partition coefficient (Wildman–Crippen LogP) is 2.28. The molecule has 0 radical (unpaired) electrons. The third-order valence-corrected chi connectivity index (χ3v) is 5.16. The fourth-order valence-electron chi connectivity index (χ4n) is 2.07. The van der Waals surface area contributed by atoms with Crippen molar-refractivity contribution in [3.8, 4) is 0 Å². The first kappa shape index (κ1) is 20.5. The molecule has 0 fully saturated rings. The summed E-state index contributed by atoms with van der Waals surface area (Å²) in [5, 5.41) is 11.1. The van der Waals surface area contributed by atoms with Crippen molar-refractivity contribution in [1.82, 2.24) is 4.72 Å². The van der Waals surface area contributed by atoms with Crippen molar-refractivity contribution < 1.29 is 31.9 Å². The average Bonchev–Trinajstić information content (AvgIpc) is 2.57. The SMILES string of the molecule is Cc1ccc(NC(=O)c2cc(S(=O)(=O)N[C@H](C)C(=O)O)ccc2F)cc1F. The minimum Gasteiger partial charge on any atom is -0.480 e. The van der Waals surface area contributed by atoms with Gasteiger partial charge in [0.05, 0.1) is 10.5 Å². The minimum absolute atomic E-state index is 0.0633. The van der Waals surface area contributed by atoms with E-state index in [1.54, 1.807) is 0 Å². The highest BCUT2D eigenvalue weighted by atomic mass is 32.2. The molecule has 2 aromatic rings. The Balaban J connectivity index is 2.32. The molecule has 2 rings (SSSR count). The molecule has 1 atom stereocenters. The number of amides is 1. The number of nitrogens with one attached hydrogen (secondary N) is 2. The number of aliphatic carboxylic acids is 1. The van der Waals surface area contributed by atoms with Crippen LogP contribution in [-0.2, 0) is 14.8 Å². The summed E-state index contributed by atoms with van der Waals surface area (Å²) in [5.41, 5.74) is -0.180. The van der Waals surface area contributed by atoms with E-state index >= 15 is 0 Å². The molecule has 144 valence electrons. The third kappa shape index (κ3) is 4.86. The average molecular weight is 398 g/mol. The van der Waals surface area contributed by atoms with Gasteiger partial charge in [-0.25, -0.2) is 17.2 Å². The maximum atomic E-state index is 14.0. The van der Waals surface area contributed by atoms with Gasteiger partial charge < -0.3 is 10.4 Å². The number of carbonyl (C=O) groups is 2. The Morgan fingerprint density at radius 3 is 2.33 bits per heavy atom. The van der Waals surface area contributed by atoms with Crippen molar-refractivity contribution in [3.63, 3.8) is 0 Å². The Labute approximate surface area is 154 Å². The molecule has 2 aromatic carbocycles. The normalized spacial score (nSPS) is 12.4. The van der Waals surface area contributed by atoms with E-state index in [9.17, 15) is 26.8 Å². The number of anilines is 1. The number of carboxylic acids is 1. The summed E-state index contributed by atoms with van der Waals surface area (Å²) >= 11 is 0. The summed E-state index contributed by atoms with van der Waals surface area (Å²) in [4.78, 5) is 22.6. The molecule has 27 heavy (non-hydrogen) atoms. The first-order valence-corrected chi connectivity index (χ1v) is 9.12. The molecule has 0 bridgehead atoms. The second-order valence-electron chi connectivity index (χ2n) is 5.74. The van der Waals surface area contributed by atoms with Crippen molar-refractivity contribution in [2.24, 2.45) is 0 Å². The summed E-state index contributed by atoms with van der Waals surface area (Å²) in [5.74, 6) is -3.96. The smallest absolute Gasteiger partial charge is 0.321 e. The van der Waals surface area contributed by atoms with Gasteiger partial charge in [-0.05, 0) is 49.7 Å². The van der Waals surface area contributed by atoms with Crippen LogP contribution >= 0.6 is 0 Å². The number of sulfonamides is 1. The van der Waals surface area contributed by atoms with E-state index in [1.165, 1.54) is 19.1 Å². The van der Waals surface area contributed by atoms with Crippen molar-refractivity contribution >= 4 is 27.6 Å². The van der Waals surface area contributed by atoms with Crippen LogP contribution in [0.25, 0.3) is 0 Å². The number of aryl methyl sites for hydroxylation is 1. The van der Waals surface area contributed by atoms with Crippen LogP contribution in [0.2, 0.25) is 0 Å². The molecule has 1 amide bonds. The zero-order valence-corrected chi connectivity index (χ0v) is 15.1. The van der Waals surface area contributed by atoms with Crippen LogP contribution in [0.4, 0.5) is 14.5 Å². The van der Waals surface area contributed by atoms with E-state index in [2.05, 4.69) is 5.32 Å². The number of hydrogen-bond donors (Lipinski definition) is 3. The van der Waals surface area contributed by atoms with E-state index in [1.807, 2.05) is 4.72 Å². The van der Waals surface area contributed by atoms with E-state index in [-0.39, 0.29) is 5.69 Å². The van der Waals surface area contributed by atoms with Crippen LogP contribution in [0.15, 0.2) is 41.3 Å². The Morgan fingerprint density at radius 1 is 1.07 bits per heavy atom. The van der Waals surface area contributed by atoms with E-state index < -0.39 is 50.0 Å². The van der Waals surface area contributed by atoms with Gasteiger partial charge in [0.1, 0.15) is 17.7 Å². The Hall–Kier alpha value is -2.85. The van der Waals surface area contributed by atoms with Crippen LogP contribution in [-0.4, -0.2) is 31.4 Å². The van der Waals surface area contributed by atoms with Crippen LogP contribution in [0.3, 0.4) is 0 Å². The van der Waals surface area contributed by atoms with Crippen molar-refractivity contribution in [3.05, 3.63) is 59.2 Å². The maximum Gasteiger partial charge on any atom is 0.321 e. The number of carbonyl (C=O) groups excluding carboxylic acids is 1. The fraction of sp³-hybridized carbons (Fsp3) is 0.176. The lowest BCUT2D eigenvalue weighted by atomic mass is 10.1. The second kappa shape index (κ2) is 7.80. The zero-order chi connectivity index (χ0) is 20.4. The largest absolute Gasteiger partial charge is 0.480 e. The zero-order valence-electron chi connectivity index (χ0n) is 14.3. The van der Waals surface area contributed by atoms with Gasteiger partial charge in [-0.15, -0.1) is 0 Å². The van der Waals surface area contributed by atoms with Crippen molar-refractivity contribution in [2.75, 3.05) is 5.32 Å². The number of carboxylic acid groups (broad SMARTS) is 1. The lowest BCUT2D eigenvalue weighted by molar-refractivity contribution is -0.138. The van der Waals surface area contributed by atoms with Crippen molar-refractivity contribution in [2.45, 2.75) is 24.8 Å². The van der Waals surface area contributed by atoms with Gasteiger partial charge in [-0.1, -0.05) is 6.07 Å². The molecule has 0 aliphatic rings. The lowest BCUT2D eigenvalue weighted by Crippen LogP contribution is -2.38. The predicted molar refractivity (Wildman–Crippen MR) is 92.9 cm³/mol. The summed E-state index contributed by atoms with van der Waals surface area (Å²) in [7, 11) is -4.30. The number of benzene rings is 2. The third-order valence-electron chi connectivity index (χ3n) is 3.62. The van der Waals surface area contributed by atoms with E-state index in [0.29, 0.717) is 5.56 Å². The van der Waals surface area contributed by atoms with Crippen LogP contribution in [0, 0.1) is 18.6 Å². The number of hydrogen-bond acceptors (Lipinski definition) is 4. The Bertz CT molecular complexity index is 1010.